The summed E-state index contributed by atoms with van der Waals surface area (Å²) in [6.07, 6.45) is 1.34. The second-order valence-electron chi connectivity index (χ2n) is 4.39. The lowest BCUT2D eigenvalue weighted by atomic mass is 10.2. The molecule has 2 N–H and O–H groups in total. The van der Waals surface area contributed by atoms with Crippen molar-refractivity contribution in [1.29, 1.82) is 0 Å². The second-order valence-corrected chi connectivity index (χ2v) is 4.39. The molecule has 3 amide bonds. The van der Waals surface area contributed by atoms with Crippen LogP contribution >= 0.6 is 0 Å². The smallest absolute Gasteiger partial charge is 0.306 e. The first-order chi connectivity index (χ1) is 8.99. The van der Waals surface area contributed by atoms with Gasteiger partial charge in [-0.3, -0.25) is 24.5 Å². The van der Waals surface area contributed by atoms with E-state index in [1.807, 2.05) is 0 Å². The summed E-state index contributed by atoms with van der Waals surface area (Å²) in [5.41, 5.74) is 0. The summed E-state index contributed by atoms with van der Waals surface area (Å²) in [6, 6.07) is 0. The van der Waals surface area contributed by atoms with Crippen LogP contribution in [0.1, 0.15) is 39.0 Å². The lowest BCUT2D eigenvalue weighted by Crippen LogP contribution is -2.28. The standard InChI is InChI=1S/C12H18N2O5/c1-8(15)13-6-4-2-3-5-11(17)19-9-7-10(16)14-12(9)18/h9H,2-7H2,1H3,(H,13,15)(H,14,16,18). The number of hydrogen-bond acceptors (Lipinski definition) is 5. The molecule has 0 aromatic carbocycles. The Balaban J connectivity index is 2.07. The highest BCUT2D eigenvalue weighted by molar-refractivity contribution is 6.05. The third kappa shape index (κ3) is 5.98. The molecule has 7 nitrogen and oxygen atoms in total. The SMILES string of the molecule is CC(=O)NCCCCCC(=O)OC1CC(=O)NC1=O. The molecular formula is C12H18N2O5. The summed E-state index contributed by atoms with van der Waals surface area (Å²) in [5.74, 6) is -1.52. The maximum Gasteiger partial charge on any atom is 0.306 e. The minimum absolute atomic E-state index is 0.0728. The maximum atomic E-state index is 11.4. The maximum absolute atomic E-state index is 11.4. The number of imide groups is 1. The lowest BCUT2D eigenvalue weighted by molar-refractivity contribution is -0.154. The number of amides is 3. The van der Waals surface area contributed by atoms with E-state index in [4.69, 9.17) is 4.74 Å². The van der Waals surface area contributed by atoms with Gasteiger partial charge in [0, 0.05) is 19.9 Å². The Morgan fingerprint density at radius 1 is 1.32 bits per heavy atom. The fraction of sp³-hybridized carbons (Fsp3) is 0.667. The highest BCUT2D eigenvalue weighted by Gasteiger charge is 2.33. The van der Waals surface area contributed by atoms with E-state index in [2.05, 4.69) is 10.6 Å². The van der Waals surface area contributed by atoms with Gasteiger partial charge in [-0.05, 0) is 12.8 Å². The topological polar surface area (TPSA) is 102 Å². The van der Waals surface area contributed by atoms with Gasteiger partial charge in [0.05, 0.1) is 6.42 Å². The van der Waals surface area contributed by atoms with Gasteiger partial charge in [0.1, 0.15) is 0 Å². The fourth-order valence-electron chi connectivity index (χ4n) is 1.68. The number of ether oxygens (including phenoxy) is 1. The highest BCUT2D eigenvalue weighted by Crippen LogP contribution is 2.09. The van der Waals surface area contributed by atoms with Crippen LogP contribution in [0.4, 0.5) is 0 Å². The molecule has 1 aliphatic heterocycles. The van der Waals surface area contributed by atoms with Crippen molar-refractivity contribution < 1.29 is 23.9 Å². The predicted octanol–water partition coefficient (Wildman–Crippen LogP) is -0.359. The molecule has 1 unspecified atom stereocenters. The van der Waals surface area contributed by atoms with E-state index in [-0.39, 0.29) is 18.7 Å². The second kappa shape index (κ2) is 7.50. The molecule has 1 saturated heterocycles. The molecule has 0 aromatic rings. The van der Waals surface area contributed by atoms with Gasteiger partial charge in [-0.2, -0.15) is 0 Å². The van der Waals surface area contributed by atoms with Crippen LogP contribution in [0.2, 0.25) is 0 Å². The van der Waals surface area contributed by atoms with Crippen molar-refractivity contribution in [3.8, 4) is 0 Å². The van der Waals surface area contributed by atoms with E-state index in [0.29, 0.717) is 13.0 Å². The van der Waals surface area contributed by atoms with Crippen LogP contribution in [-0.4, -0.2) is 36.3 Å². The van der Waals surface area contributed by atoms with Crippen molar-refractivity contribution in [2.45, 2.75) is 45.1 Å². The van der Waals surface area contributed by atoms with Crippen LogP contribution in [0.5, 0.6) is 0 Å². The number of esters is 1. The van der Waals surface area contributed by atoms with Crippen molar-refractivity contribution in [3.05, 3.63) is 0 Å². The van der Waals surface area contributed by atoms with E-state index in [1.54, 1.807) is 0 Å². The van der Waals surface area contributed by atoms with E-state index < -0.39 is 23.9 Å². The Kier molecular flexibility index (Phi) is 5.98. The van der Waals surface area contributed by atoms with E-state index >= 15 is 0 Å². The van der Waals surface area contributed by atoms with Gasteiger partial charge in [-0.25, -0.2) is 0 Å². The molecule has 0 aliphatic carbocycles. The Bertz CT molecular complexity index is 380. The third-order valence-corrected chi connectivity index (χ3v) is 2.63. The Morgan fingerprint density at radius 3 is 2.63 bits per heavy atom. The average Bonchev–Trinajstić information content (AvgIpc) is 2.62. The minimum Gasteiger partial charge on any atom is -0.452 e. The Hall–Kier alpha value is -1.92. The predicted molar refractivity (Wildman–Crippen MR) is 64.8 cm³/mol. The zero-order valence-corrected chi connectivity index (χ0v) is 10.9. The van der Waals surface area contributed by atoms with Crippen molar-refractivity contribution in [2.75, 3.05) is 6.54 Å². The van der Waals surface area contributed by atoms with Gasteiger partial charge >= 0.3 is 5.97 Å². The zero-order chi connectivity index (χ0) is 14.3. The molecule has 0 aromatic heterocycles. The van der Waals surface area contributed by atoms with Gasteiger partial charge in [0.25, 0.3) is 5.91 Å². The number of unbranched alkanes of at least 4 members (excludes halogenated alkanes) is 2. The van der Waals surface area contributed by atoms with E-state index in [1.165, 1.54) is 6.92 Å². The molecule has 1 heterocycles. The molecule has 0 spiro atoms. The first-order valence-electron chi connectivity index (χ1n) is 6.26. The number of carbonyl (C=O) groups excluding carboxylic acids is 4. The number of rotatable bonds is 7. The first-order valence-corrected chi connectivity index (χ1v) is 6.26. The highest BCUT2D eigenvalue weighted by atomic mass is 16.5. The molecule has 1 atom stereocenters. The molecule has 106 valence electrons. The van der Waals surface area contributed by atoms with Crippen molar-refractivity contribution in [1.82, 2.24) is 10.6 Å². The summed E-state index contributed by atoms with van der Waals surface area (Å²) in [7, 11) is 0. The van der Waals surface area contributed by atoms with Crippen LogP contribution in [0.3, 0.4) is 0 Å². The normalized spacial score (nSPS) is 18.1. The first kappa shape index (κ1) is 15.1. The summed E-state index contributed by atoms with van der Waals surface area (Å²) in [4.78, 5) is 44.0. The molecule has 0 radical (unpaired) electrons. The largest absolute Gasteiger partial charge is 0.452 e. The molecule has 1 fully saturated rings. The van der Waals surface area contributed by atoms with Crippen LogP contribution in [0.15, 0.2) is 0 Å². The van der Waals surface area contributed by atoms with Crippen molar-refractivity contribution in [2.24, 2.45) is 0 Å². The van der Waals surface area contributed by atoms with E-state index in [9.17, 15) is 19.2 Å². The molecular weight excluding hydrogens is 252 g/mol. The van der Waals surface area contributed by atoms with Crippen LogP contribution < -0.4 is 10.6 Å². The average molecular weight is 270 g/mol. The molecule has 7 heteroatoms. The number of nitrogens with one attached hydrogen (secondary N) is 2. The van der Waals surface area contributed by atoms with Gasteiger partial charge < -0.3 is 10.1 Å². The molecule has 1 rings (SSSR count). The molecule has 19 heavy (non-hydrogen) atoms. The summed E-state index contributed by atoms with van der Waals surface area (Å²) in [5, 5.41) is 4.73. The van der Waals surface area contributed by atoms with Gasteiger partial charge in [-0.1, -0.05) is 6.42 Å². The lowest BCUT2D eigenvalue weighted by Gasteiger charge is -2.08. The van der Waals surface area contributed by atoms with Gasteiger partial charge in [-0.15, -0.1) is 0 Å². The van der Waals surface area contributed by atoms with E-state index in [0.717, 1.165) is 12.8 Å². The van der Waals surface area contributed by atoms with Gasteiger partial charge in [0.2, 0.25) is 11.8 Å². The van der Waals surface area contributed by atoms with Crippen molar-refractivity contribution >= 4 is 23.7 Å². The Labute approximate surface area is 111 Å². The summed E-state index contributed by atoms with van der Waals surface area (Å²) < 4.78 is 4.90. The fourth-order valence-corrected chi connectivity index (χ4v) is 1.68. The monoisotopic (exact) mass is 270 g/mol. The number of carbonyl (C=O) groups is 4. The minimum atomic E-state index is -0.973. The zero-order valence-electron chi connectivity index (χ0n) is 10.9. The molecule has 0 saturated carbocycles. The third-order valence-electron chi connectivity index (χ3n) is 2.63. The van der Waals surface area contributed by atoms with Crippen LogP contribution in [-0.2, 0) is 23.9 Å². The Morgan fingerprint density at radius 2 is 2.05 bits per heavy atom. The summed E-state index contributed by atoms with van der Waals surface area (Å²) >= 11 is 0. The van der Waals surface area contributed by atoms with Crippen LogP contribution in [0.25, 0.3) is 0 Å². The van der Waals surface area contributed by atoms with Crippen molar-refractivity contribution in [3.63, 3.8) is 0 Å². The summed E-state index contributed by atoms with van der Waals surface area (Å²) in [6.45, 7) is 2.04. The van der Waals surface area contributed by atoms with Gasteiger partial charge in [0.15, 0.2) is 6.10 Å². The number of hydrogen-bond donors (Lipinski definition) is 2. The van der Waals surface area contributed by atoms with Crippen LogP contribution in [0, 0.1) is 0 Å². The quantitative estimate of drug-likeness (QED) is 0.374. The molecule has 0 bridgehead atoms. The molecule has 1 aliphatic rings.